The summed E-state index contributed by atoms with van der Waals surface area (Å²) in [6.07, 6.45) is 1.87. The number of carboxylic acids is 1. The summed E-state index contributed by atoms with van der Waals surface area (Å²) in [5, 5.41) is 13.6. The number of nitrogens with one attached hydrogen (secondary N) is 2. The van der Waals surface area contributed by atoms with Crippen molar-refractivity contribution in [3.05, 3.63) is 0 Å². The largest absolute Gasteiger partial charge is 0.480 e. The Balaban J connectivity index is 4.43. The topological polar surface area (TPSA) is 122 Å². The maximum Gasteiger partial charge on any atom is 0.326 e. The van der Waals surface area contributed by atoms with Gasteiger partial charge < -0.3 is 21.5 Å². The van der Waals surface area contributed by atoms with Gasteiger partial charge in [0.15, 0.2) is 0 Å². The molecule has 1 atom stereocenters. The van der Waals surface area contributed by atoms with Gasteiger partial charge >= 0.3 is 12.0 Å². The number of urea groups is 1. The smallest absolute Gasteiger partial charge is 0.326 e. The standard InChI is InChI=1S/C11H21N3O4/c1-4-5-6-7(8(15)16)13-10(18)14-11(2,3)9(12)17/h7H,4-6H2,1-3H3,(H2,12,17)(H,15,16)(H2,13,14,18)/t7-/m0/s1. The number of rotatable bonds is 7. The fourth-order valence-corrected chi connectivity index (χ4v) is 1.21. The first-order chi connectivity index (χ1) is 8.20. The molecule has 3 amide bonds. The average molecular weight is 259 g/mol. The molecule has 104 valence electrons. The van der Waals surface area contributed by atoms with E-state index in [0.717, 1.165) is 6.42 Å². The van der Waals surface area contributed by atoms with Gasteiger partial charge in [-0.1, -0.05) is 19.8 Å². The van der Waals surface area contributed by atoms with Crippen LogP contribution in [0.3, 0.4) is 0 Å². The second-order valence-corrected chi connectivity index (χ2v) is 4.62. The first-order valence-electron chi connectivity index (χ1n) is 5.82. The van der Waals surface area contributed by atoms with E-state index in [1.807, 2.05) is 6.92 Å². The predicted molar refractivity (Wildman–Crippen MR) is 65.9 cm³/mol. The van der Waals surface area contributed by atoms with Crippen molar-refractivity contribution in [2.24, 2.45) is 5.73 Å². The third-order valence-electron chi connectivity index (χ3n) is 2.49. The number of primary amides is 1. The monoisotopic (exact) mass is 259 g/mol. The molecule has 18 heavy (non-hydrogen) atoms. The number of amides is 3. The molecule has 5 N–H and O–H groups in total. The second-order valence-electron chi connectivity index (χ2n) is 4.62. The van der Waals surface area contributed by atoms with Gasteiger partial charge in [0.1, 0.15) is 11.6 Å². The van der Waals surface area contributed by atoms with E-state index in [-0.39, 0.29) is 0 Å². The molecule has 0 saturated carbocycles. The van der Waals surface area contributed by atoms with Crippen molar-refractivity contribution >= 4 is 17.9 Å². The van der Waals surface area contributed by atoms with Crippen LogP contribution in [0.15, 0.2) is 0 Å². The number of nitrogens with two attached hydrogens (primary N) is 1. The molecule has 7 heteroatoms. The Morgan fingerprint density at radius 1 is 1.33 bits per heavy atom. The summed E-state index contributed by atoms with van der Waals surface area (Å²) in [5.41, 5.74) is 3.87. The third kappa shape index (κ3) is 5.51. The molecule has 0 rings (SSSR count). The molecule has 0 aromatic heterocycles. The number of unbranched alkanes of at least 4 members (excludes halogenated alkanes) is 1. The minimum absolute atomic E-state index is 0.344. The van der Waals surface area contributed by atoms with Crippen molar-refractivity contribution in [2.45, 2.75) is 51.6 Å². The van der Waals surface area contributed by atoms with Gasteiger partial charge in [0.05, 0.1) is 0 Å². The van der Waals surface area contributed by atoms with E-state index in [0.29, 0.717) is 12.8 Å². The average Bonchev–Trinajstić information content (AvgIpc) is 2.22. The quantitative estimate of drug-likeness (QED) is 0.521. The number of hydrogen-bond donors (Lipinski definition) is 4. The Kier molecular flexibility index (Phi) is 6.15. The van der Waals surface area contributed by atoms with Gasteiger partial charge in [0.25, 0.3) is 0 Å². The van der Waals surface area contributed by atoms with E-state index in [4.69, 9.17) is 10.8 Å². The fraction of sp³-hybridized carbons (Fsp3) is 0.727. The fourth-order valence-electron chi connectivity index (χ4n) is 1.21. The summed E-state index contributed by atoms with van der Waals surface area (Å²) in [7, 11) is 0. The lowest BCUT2D eigenvalue weighted by atomic mass is 10.1. The highest BCUT2D eigenvalue weighted by molar-refractivity contribution is 5.90. The van der Waals surface area contributed by atoms with Crippen LogP contribution in [0.25, 0.3) is 0 Å². The highest BCUT2D eigenvalue weighted by Crippen LogP contribution is 2.03. The minimum Gasteiger partial charge on any atom is -0.480 e. The zero-order valence-corrected chi connectivity index (χ0v) is 10.9. The number of aliphatic carboxylic acids is 1. The van der Waals surface area contributed by atoms with Crippen molar-refractivity contribution < 1.29 is 19.5 Å². The van der Waals surface area contributed by atoms with Gasteiger partial charge in [-0.3, -0.25) is 4.79 Å². The van der Waals surface area contributed by atoms with E-state index in [2.05, 4.69) is 10.6 Å². The summed E-state index contributed by atoms with van der Waals surface area (Å²) in [6.45, 7) is 4.81. The van der Waals surface area contributed by atoms with E-state index < -0.39 is 29.5 Å². The summed E-state index contributed by atoms with van der Waals surface area (Å²) < 4.78 is 0. The van der Waals surface area contributed by atoms with Crippen LogP contribution in [-0.2, 0) is 9.59 Å². The molecule has 0 bridgehead atoms. The lowest BCUT2D eigenvalue weighted by Gasteiger charge is -2.24. The minimum atomic E-state index is -1.22. The van der Waals surface area contributed by atoms with Crippen molar-refractivity contribution in [3.8, 4) is 0 Å². The molecule has 0 radical (unpaired) electrons. The molecule has 0 unspecified atom stereocenters. The Morgan fingerprint density at radius 2 is 1.89 bits per heavy atom. The lowest BCUT2D eigenvalue weighted by molar-refractivity contribution is -0.139. The van der Waals surface area contributed by atoms with Crippen LogP contribution < -0.4 is 16.4 Å². The zero-order valence-electron chi connectivity index (χ0n) is 10.9. The molecule has 0 aliphatic rings. The van der Waals surface area contributed by atoms with E-state index >= 15 is 0 Å². The number of carbonyl (C=O) groups excluding carboxylic acids is 2. The van der Waals surface area contributed by atoms with Crippen LogP contribution in [0.5, 0.6) is 0 Å². The Hall–Kier alpha value is -1.79. The van der Waals surface area contributed by atoms with Gasteiger partial charge in [-0.15, -0.1) is 0 Å². The highest BCUT2D eigenvalue weighted by atomic mass is 16.4. The number of carboxylic acid groups (broad SMARTS) is 1. The van der Waals surface area contributed by atoms with Gasteiger partial charge in [-0.05, 0) is 20.3 Å². The molecule has 0 aromatic carbocycles. The van der Waals surface area contributed by atoms with Crippen molar-refractivity contribution in [3.63, 3.8) is 0 Å². The van der Waals surface area contributed by atoms with E-state index in [1.54, 1.807) is 0 Å². The van der Waals surface area contributed by atoms with Crippen LogP contribution >= 0.6 is 0 Å². The summed E-state index contributed by atoms with van der Waals surface area (Å²) in [5.74, 6) is -1.80. The summed E-state index contributed by atoms with van der Waals surface area (Å²) in [4.78, 5) is 33.5. The molecular formula is C11H21N3O4. The van der Waals surface area contributed by atoms with Crippen LogP contribution in [0.1, 0.15) is 40.0 Å². The lowest BCUT2D eigenvalue weighted by Crippen LogP contribution is -2.57. The summed E-state index contributed by atoms with van der Waals surface area (Å²) >= 11 is 0. The van der Waals surface area contributed by atoms with Crippen LogP contribution in [-0.4, -0.2) is 34.6 Å². The molecule has 0 heterocycles. The molecule has 7 nitrogen and oxygen atoms in total. The second kappa shape index (κ2) is 6.83. The first kappa shape index (κ1) is 16.2. The number of carbonyl (C=O) groups is 3. The van der Waals surface area contributed by atoms with Crippen LogP contribution in [0.4, 0.5) is 4.79 Å². The van der Waals surface area contributed by atoms with Crippen LogP contribution in [0.2, 0.25) is 0 Å². The third-order valence-corrected chi connectivity index (χ3v) is 2.49. The molecule has 0 fully saturated rings. The molecule has 0 aromatic rings. The molecular weight excluding hydrogens is 238 g/mol. The molecule has 0 saturated heterocycles. The maximum atomic E-state index is 11.5. The van der Waals surface area contributed by atoms with Gasteiger partial charge in [-0.2, -0.15) is 0 Å². The maximum absolute atomic E-state index is 11.5. The van der Waals surface area contributed by atoms with E-state index in [9.17, 15) is 14.4 Å². The molecule has 0 spiro atoms. The molecule has 0 aliphatic heterocycles. The predicted octanol–water partition coefficient (Wildman–Crippen LogP) is 0.193. The number of hydrogen-bond acceptors (Lipinski definition) is 3. The SMILES string of the molecule is CCCC[C@H](NC(=O)NC(C)(C)C(N)=O)C(=O)O. The van der Waals surface area contributed by atoms with Crippen molar-refractivity contribution in [2.75, 3.05) is 0 Å². The Labute approximate surface area is 106 Å². The highest BCUT2D eigenvalue weighted by Gasteiger charge is 2.28. The zero-order chi connectivity index (χ0) is 14.3. The van der Waals surface area contributed by atoms with Crippen molar-refractivity contribution in [1.29, 1.82) is 0 Å². The van der Waals surface area contributed by atoms with Crippen molar-refractivity contribution in [1.82, 2.24) is 10.6 Å². The Morgan fingerprint density at radius 3 is 2.28 bits per heavy atom. The normalized spacial score (nSPS) is 12.6. The van der Waals surface area contributed by atoms with E-state index in [1.165, 1.54) is 13.8 Å². The van der Waals surface area contributed by atoms with Gasteiger partial charge in [-0.25, -0.2) is 9.59 Å². The van der Waals surface area contributed by atoms with Crippen LogP contribution in [0, 0.1) is 0 Å². The Bertz CT molecular complexity index is 328. The van der Waals surface area contributed by atoms with Gasteiger partial charge in [0, 0.05) is 0 Å². The molecule has 0 aliphatic carbocycles. The summed E-state index contributed by atoms with van der Waals surface area (Å²) in [6, 6.07) is -1.68. The van der Waals surface area contributed by atoms with Gasteiger partial charge in [0.2, 0.25) is 5.91 Å². The first-order valence-corrected chi connectivity index (χ1v) is 5.82.